The van der Waals surface area contributed by atoms with Gasteiger partial charge in [-0.1, -0.05) is 0 Å². The minimum atomic E-state index is -2.60. The van der Waals surface area contributed by atoms with Gasteiger partial charge < -0.3 is 0 Å². The van der Waals surface area contributed by atoms with Crippen LogP contribution in [-0.2, 0) is 14.1 Å². The van der Waals surface area contributed by atoms with Crippen molar-refractivity contribution in [2.75, 3.05) is 37.7 Å². The summed E-state index contributed by atoms with van der Waals surface area (Å²) in [6.07, 6.45) is 13.1. The molecule has 3 N–H and O–H groups in total. The minimum absolute atomic E-state index is 0.0650. The average Bonchev–Trinajstić information content (AvgIpc) is 2.66. The Kier molecular flexibility index (Phi) is 13.1. The van der Waals surface area contributed by atoms with Crippen LogP contribution in [0, 0.1) is 0 Å². The van der Waals surface area contributed by atoms with Gasteiger partial charge in [0.2, 0.25) is 0 Å². The van der Waals surface area contributed by atoms with E-state index in [1.54, 1.807) is 0 Å². The van der Waals surface area contributed by atoms with E-state index in [9.17, 15) is 9.59 Å². The van der Waals surface area contributed by atoms with Gasteiger partial charge in [-0.2, -0.15) is 0 Å². The molecule has 156 valence electrons. The molecule has 0 spiro atoms. The fourth-order valence-electron chi connectivity index (χ4n) is 3.65. The van der Waals surface area contributed by atoms with Gasteiger partial charge in [0, 0.05) is 0 Å². The number of carbonyl (C=O) groups excluding carboxylic acids is 2. The number of carbonyl (C=O) groups is 2. The molecule has 6 heteroatoms. The molecule has 0 aliphatic carbocycles. The molecule has 0 rings (SSSR count). The summed E-state index contributed by atoms with van der Waals surface area (Å²) in [4.78, 5) is 24.1. The van der Waals surface area contributed by atoms with E-state index in [0.29, 0.717) is 0 Å². The summed E-state index contributed by atoms with van der Waals surface area (Å²) in [5.74, 6) is -0.588. The van der Waals surface area contributed by atoms with Crippen LogP contribution in [0.4, 0.5) is 0 Å². The Morgan fingerprint density at radius 3 is 1.50 bits per heavy atom. The third-order valence-electron chi connectivity index (χ3n) is 5.28. The van der Waals surface area contributed by atoms with E-state index in [1.807, 2.05) is 0 Å². The van der Waals surface area contributed by atoms with E-state index in [4.69, 9.17) is 10.3 Å². The number of nitrogens with two attached hydrogens (primary N) is 1. The summed E-state index contributed by atoms with van der Waals surface area (Å²) in [5, 5.41) is 2.58. The van der Waals surface area contributed by atoms with Crippen LogP contribution < -0.4 is 11.1 Å². The summed E-state index contributed by atoms with van der Waals surface area (Å²) >= 11 is 0. The molecule has 0 fully saturated rings. The quantitative estimate of drug-likeness (QED) is 0.386. The molecule has 0 aliphatic heterocycles. The molecule has 0 saturated carbocycles. The van der Waals surface area contributed by atoms with Crippen molar-refractivity contribution in [2.45, 2.75) is 79.1 Å². The molecule has 0 unspecified atom stereocenters. The van der Waals surface area contributed by atoms with Crippen LogP contribution in [0.1, 0.15) is 79.1 Å². The second kappa shape index (κ2) is 13.5. The van der Waals surface area contributed by atoms with Gasteiger partial charge in [-0.15, -0.1) is 0 Å². The maximum absolute atomic E-state index is 12.7. The third-order valence-corrected chi connectivity index (χ3v) is 11.8. The monoisotopic (exact) mass is 390 g/mol. The number of rotatable bonds is 16. The zero-order valence-corrected chi connectivity index (χ0v) is 18.5. The molecule has 0 aliphatic rings. The fourth-order valence-corrected chi connectivity index (χ4v) is 10.5. The van der Waals surface area contributed by atoms with Crippen molar-refractivity contribution in [3.05, 3.63) is 0 Å². The summed E-state index contributed by atoms with van der Waals surface area (Å²) in [7, 11) is 0. The standard InChI is InChI=1S/C20H43N2O3P/c1-5-9-13-26(14-10-6-2,15-11-7-3,16-12-8-4)25-20(24)18-22-19(23)17-21/h5-18,21H2,1-4H3,(H,22,23). The van der Waals surface area contributed by atoms with Crippen molar-refractivity contribution in [3.8, 4) is 0 Å². The first-order valence-electron chi connectivity index (χ1n) is 10.6. The van der Waals surface area contributed by atoms with Gasteiger partial charge in [0.1, 0.15) is 0 Å². The zero-order valence-electron chi connectivity index (χ0n) is 17.6. The molecule has 5 nitrogen and oxygen atoms in total. The topological polar surface area (TPSA) is 81.4 Å². The van der Waals surface area contributed by atoms with E-state index in [2.05, 4.69) is 33.0 Å². The number of amides is 1. The molecule has 0 aromatic rings. The zero-order chi connectivity index (χ0) is 19.9. The molecular weight excluding hydrogens is 347 g/mol. The summed E-state index contributed by atoms with van der Waals surface area (Å²) in [6.45, 7) is 6.04. The van der Waals surface area contributed by atoms with Crippen LogP contribution in [0.5, 0.6) is 0 Å². The van der Waals surface area contributed by atoms with Crippen molar-refractivity contribution in [3.63, 3.8) is 0 Å². The normalized spacial score (nSPS) is 13.0. The van der Waals surface area contributed by atoms with E-state index in [-0.39, 0.29) is 25.0 Å². The van der Waals surface area contributed by atoms with E-state index in [0.717, 1.165) is 76.0 Å². The van der Waals surface area contributed by atoms with E-state index in [1.165, 1.54) is 0 Å². The van der Waals surface area contributed by atoms with E-state index >= 15 is 0 Å². The maximum atomic E-state index is 12.7. The first-order valence-corrected chi connectivity index (χ1v) is 13.5. The van der Waals surface area contributed by atoms with Gasteiger partial charge in [0.15, 0.2) is 0 Å². The Hall–Kier alpha value is -0.670. The molecule has 1 amide bonds. The number of nitrogens with one attached hydrogen (secondary N) is 1. The average molecular weight is 391 g/mol. The number of hydrogen-bond acceptors (Lipinski definition) is 4. The summed E-state index contributed by atoms with van der Waals surface area (Å²) in [6, 6.07) is 0. The Morgan fingerprint density at radius 1 is 0.808 bits per heavy atom. The van der Waals surface area contributed by atoms with Crippen LogP contribution >= 0.6 is 6.83 Å². The van der Waals surface area contributed by atoms with Gasteiger partial charge in [0.05, 0.1) is 0 Å². The van der Waals surface area contributed by atoms with Crippen LogP contribution in [-0.4, -0.2) is 49.6 Å². The van der Waals surface area contributed by atoms with Gasteiger partial charge in [-0.25, -0.2) is 0 Å². The van der Waals surface area contributed by atoms with Crippen molar-refractivity contribution in [2.24, 2.45) is 5.73 Å². The Balaban J connectivity index is 5.60. The van der Waals surface area contributed by atoms with Crippen LogP contribution in [0.3, 0.4) is 0 Å². The van der Waals surface area contributed by atoms with Gasteiger partial charge >= 0.3 is 161 Å². The molecule has 0 aromatic heterocycles. The van der Waals surface area contributed by atoms with E-state index < -0.39 is 6.83 Å². The molecule has 0 saturated heterocycles. The molecular formula is C20H43N2O3P. The van der Waals surface area contributed by atoms with Crippen LogP contribution in [0.25, 0.3) is 0 Å². The van der Waals surface area contributed by atoms with Crippen molar-refractivity contribution >= 4 is 18.7 Å². The molecule has 0 atom stereocenters. The van der Waals surface area contributed by atoms with Gasteiger partial charge in [0.25, 0.3) is 0 Å². The first-order chi connectivity index (χ1) is 12.4. The molecule has 0 heterocycles. The second-order valence-electron chi connectivity index (χ2n) is 7.61. The Morgan fingerprint density at radius 2 is 1.19 bits per heavy atom. The van der Waals surface area contributed by atoms with Crippen molar-refractivity contribution < 1.29 is 14.1 Å². The predicted octanol–water partition coefficient (Wildman–Crippen LogP) is 4.27. The number of hydrogen-bond donors (Lipinski definition) is 2. The SMILES string of the molecule is CCCCP(CCCC)(CCCC)(CCCC)OC(=O)CNC(=O)CN. The first kappa shape index (κ1) is 25.3. The molecule has 0 radical (unpaired) electrons. The van der Waals surface area contributed by atoms with Crippen molar-refractivity contribution in [1.82, 2.24) is 5.32 Å². The van der Waals surface area contributed by atoms with Gasteiger partial charge in [-0.05, 0) is 0 Å². The Labute approximate surface area is 161 Å². The third kappa shape index (κ3) is 8.81. The molecule has 0 aromatic carbocycles. The van der Waals surface area contributed by atoms with Crippen molar-refractivity contribution in [1.29, 1.82) is 0 Å². The fraction of sp³-hybridized carbons (Fsp3) is 0.900. The molecule has 26 heavy (non-hydrogen) atoms. The summed E-state index contributed by atoms with van der Waals surface area (Å²) in [5.41, 5.74) is 5.32. The van der Waals surface area contributed by atoms with Crippen LogP contribution in [0.2, 0.25) is 0 Å². The second-order valence-corrected chi connectivity index (χ2v) is 13.3. The summed E-state index contributed by atoms with van der Waals surface area (Å²) < 4.78 is 6.47. The number of unbranched alkanes of at least 4 members (excludes halogenated alkanes) is 4. The van der Waals surface area contributed by atoms with Gasteiger partial charge in [-0.3, -0.25) is 0 Å². The predicted molar refractivity (Wildman–Crippen MR) is 114 cm³/mol. The van der Waals surface area contributed by atoms with Crippen LogP contribution in [0.15, 0.2) is 0 Å². The molecule has 0 bridgehead atoms. The Bertz CT molecular complexity index is 372.